The van der Waals surface area contributed by atoms with E-state index < -0.39 is 0 Å². The second-order valence-electron chi connectivity index (χ2n) is 5.11. The Balaban J connectivity index is 2.27. The number of carbonyl (C=O) groups excluding carboxylic acids is 1. The lowest BCUT2D eigenvalue weighted by Gasteiger charge is -2.39. The first-order valence-electron chi connectivity index (χ1n) is 6.25. The highest BCUT2D eigenvalue weighted by atomic mass is 16.2. The van der Waals surface area contributed by atoms with Crippen LogP contribution in [-0.4, -0.2) is 27.5 Å². The number of nitrogen functional groups attached to an aromatic ring is 1. The molecule has 0 spiro atoms. The minimum atomic E-state index is 0.101. The summed E-state index contributed by atoms with van der Waals surface area (Å²) >= 11 is 0. The van der Waals surface area contributed by atoms with Crippen LogP contribution in [0.25, 0.3) is 0 Å². The molecule has 1 aliphatic heterocycles. The van der Waals surface area contributed by atoms with E-state index in [0.29, 0.717) is 23.5 Å². The minimum Gasteiger partial charge on any atom is -0.397 e. The highest BCUT2D eigenvalue weighted by Gasteiger charge is 2.30. The van der Waals surface area contributed by atoms with E-state index in [2.05, 4.69) is 13.8 Å². The van der Waals surface area contributed by atoms with Gasteiger partial charge in [-0.3, -0.25) is 4.79 Å². The van der Waals surface area contributed by atoms with Gasteiger partial charge in [-0.2, -0.15) is 0 Å². The monoisotopic (exact) mass is 235 g/mol. The molecule has 1 aliphatic rings. The molecule has 2 heterocycles. The molecule has 0 saturated carbocycles. The molecule has 1 fully saturated rings. The molecule has 17 heavy (non-hydrogen) atoms. The molecule has 1 saturated heterocycles. The van der Waals surface area contributed by atoms with Crippen LogP contribution in [0.2, 0.25) is 0 Å². The van der Waals surface area contributed by atoms with Gasteiger partial charge in [-0.15, -0.1) is 0 Å². The van der Waals surface area contributed by atoms with E-state index >= 15 is 0 Å². The van der Waals surface area contributed by atoms with E-state index in [4.69, 9.17) is 5.73 Å². The van der Waals surface area contributed by atoms with Crippen LogP contribution in [0, 0.1) is 0 Å². The number of nitrogens with two attached hydrogens (primary N) is 1. The molecule has 2 atom stereocenters. The Morgan fingerprint density at radius 3 is 2.41 bits per heavy atom. The van der Waals surface area contributed by atoms with E-state index in [0.717, 1.165) is 12.8 Å². The van der Waals surface area contributed by atoms with E-state index in [1.54, 1.807) is 12.3 Å². The van der Waals surface area contributed by atoms with E-state index in [9.17, 15) is 4.79 Å². The van der Waals surface area contributed by atoms with E-state index in [-0.39, 0.29) is 5.91 Å². The van der Waals surface area contributed by atoms with Gasteiger partial charge in [-0.25, -0.2) is 0 Å². The summed E-state index contributed by atoms with van der Waals surface area (Å²) in [5.41, 5.74) is 7.05. The number of amides is 1. The Labute approximate surface area is 102 Å². The lowest BCUT2D eigenvalue weighted by atomic mass is 9.97. The van der Waals surface area contributed by atoms with Crippen molar-refractivity contribution in [3.05, 3.63) is 18.0 Å². The minimum absolute atomic E-state index is 0.101. The molecule has 2 rings (SSSR count). The molecule has 4 nitrogen and oxygen atoms in total. The first-order chi connectivity index (χ1) is 8.00. The molecule has 94 valence electrons. The van der Waals surface area contributed by atoms with Crippen molar-refractivity contribution < 1.29 is 4.79 Å². The Morgan fingerprint density at radius 2 is 1.94 bits per heavy atom. The molecule has 0 radical (unpaired) electrons. The predicted octanol–water partition coefficient (Wildman–Crippen LogP) is 2.01. The van der Waals surface area contributed by atoms with Crippen LogP contribution in [0.3, 0.4) is 0 Å². The Morgan fingerprint density at radius 1 is 1.35 bits per heavy atom. The summed E-state index contributed by atoms with van der Waals surface area (Å²) < 4.78 is 1.81. The number of aryl methyl sites for hydroxylation is 1. The van der Waals surface area contributed by atoms with Crippen molar-refractivity contribution in [2.45, 2.75) is 45.2 Å². The molecule has 1 aromatic heterocycles. The molecular formula is C13H21N3O. The average Bonchev–Trinajstić information content (AvgIpc) is 2.57. The third-order valence-electron chi connectivity index (χ3n) is 3.67. The lowest BCUT2D eigenvalue weighted by Crippen LogP contribution is -2.47. The normalized spacial score (nSPS) is 25.0. The fraction of sp³-hybridized carbons (Fsp3) is 0.615. The van der Waals surface area contributed by atoms with Crippen molar-refractivity contribution in [1.82, 2.24) is 9.47 Å². The summed E-state index contributed by atoms with van der Waals surface area (Å²) in [4.78, 5) is 14.5. The van der Waals surface area contributed by atoms with Gasteiger partial charge in [0.25, 0.3) is 5.91 Å². The summed E-state index contributed by atoms with van der Waals surface area (Å²) in [5.74, 6) is 0.101. The van der Waals surface area contributed by atoms with Gasteiger partial charge in [0.15, 0.2) is 0 Å². The van der Waals surface area contributed by atoms with Gasteiger partial charge < -0.3 is 15.2 Å². The van der Waals surface area contributed by atoms with Crippen molar-refractivity contribution in [3.63, 3.8) is 0 Å². The maximum Gasteiger partial charge on any atom is 0.271 e. The zero-order chi connectivity index (χ0) is 12.6. The van der Waals surface area contributed by atoms with Crippen molar-refractivity contribution in [1.29, 1.82) is 0 Å². The maximum absolute atomic E-state index is 12.5. The third-order valence-corrected chi connectivity index (χ3v) is 3.67. The second kappa shape index (κ2) is 4.43. The largest absolute Gasteiger partial charge is 0.397 e. The SMILES string of the molecule is CC1CCCC(C)N1C(=O)c1cc(N)cn1C. The lowest BCUT2D eigenvalue weighted by molar-refractivity contribution is 0.0501. The average molecular weight is 235 g/mol. The number of piperidine rings is 1. The summed E-state index contributed by atoms with van der Waals surface area (Å²) in [6.45, 7) is 4.25. The number of rotatable bonds is 1. The molecule has 0 aliphatic carbocycles. The van der Waals surface area contributed by atoms with Gasteiger partial charge in [0.05, 0.1) is 5.69 Å². The third kappa shape index (κ3) is 2.16. The van der Waals surface area contributed by atoms with Crippen LogP contribution in [0.5, 0.6) is 0 Å². The number of carbonyl (C=O) groups is 1. The van der Waals surface area contributed by atoms with Crippen LogP contribution in [0.15, 0.2) is 12.3 Å². The summed E-state index contributed by atoms with van der Waals surface area (Å²) in [7, 11) is 1.86. The summed E-state index contributed by atoms with van der Waals surface area (Å²) in [5, 5.41) is 0. The standard InChI is InChI=1S/C13H21N3O/c1-9-5-4-6-10(2)16(9)13(17)12-7-11(14)8-15(12)3/h7-10H,4-6,14H2,1-3H3. The van der Waals surface area contributed by atoms with Crippen molar-refractivity contribution in [2.75, 3.05) is 5.73 Å². The predicted molar refractivity (Wildman–Crippen MR) is 68.8 cm³/mol. The Bertz CT molecular complexity index is 414. The van der Waals surface area contributed by atoms with Crippen molar-refractivity contribution >= 4 is 11.6 Å². The molecule has 4 heteroatoms. The number of hydrogen-bond donors (Lipinski definition) is 1. The van der Waals surface area contributed by atoms with Crippen LogP contribution >= 0.6 is 0 Å². The molecule has 0 aromatic carbocycles. The highest BCUT2D eigenvalue weighted by Crippen LogP contribution is 2.25. The number of anilines is 1. The van der Waals surface area contributed by atoms with Crippen LogP contribution in [0.1, 0.15) is 43.6 Å². The zero-order valence-electron chi connectivity index (χ0n) is 10.8. The Kier molecular flexibility index (Phi) is 3.13. The maximum atomic E-state index is 12.5. The highest BCUT2D eigenvalue weighted by molar-refractivity contribution is 5.94. The van der Waals surface area contributed by atoms with Gasteiger partial charge in [0, 0.05) is 25.3 Å². The van der Waals surface area contributed by atoms with Crippen LogP contribution in [-0.2, 0) is 7.05 Å². The van der Waals surface area contributed by atoms with Gasteiger partial charge in [0.2, 0.25) is 0 Å². The van der Waals surface area contributed by atoms with Crippen molar-refractivity contribution in [3.8, 4) is 0 Å². The first-order valence-corrected chi connectivity index (χ1v) is 6.25. The smallest absolute Gasteiger partial charge is 0.271 e. The second-order valence-corrected chi connectivity index (χ2v) is 5.11. The molecule has 2 N–H and O–H groups in total. The van der Waals surface area contributed by atoms with Crippen molar-refractivity contribution in [2.24, 2.45) is 7.05 Å². The number of nitrogens with zero attached hydrogens (tertiary/aromatic N) is 2. The number of aromatic nitrogens is 1. The molecule has 0 bridgehead atoms. The number of likely N-dealkylation sites (tertiary alicyclic amines) is 1. The van der Waals surface area contributed by atoms with E-state index in [1.165, 1.54) is 6.42 Å². The molecular weight excluding hydrogens is 214 g/mol. The summed E-state index contributed by atoms with van der Waals surface area (Å²) in [6.07, 6.45) is 5.18. The van der Waals surface area contributed by atoms with Gasteiger partial charge in [0.1, 0.15) is 5.69 Å². The van der Waals surface area contributed by atoms with Crippen LogP contribution in [0.4, 0.5) is 5.69 Å². The first kappa shape index (κ1) is 12.0. The summed E-state index contributed by atoms with van der Waals surface area (Å²) in [6, 6.07) is 2.40. The zero-order valence-corrected chi connectivity index (χ0v) is 10.8. The quantitative estimate of drug-likeness (QED) is 0.809. The Hall–Kier alpha value is -1.45. The molecule has 2 unspecified atom stereocenters. The fourth-order valence-corrected chi connectivity index (χ4v) is 2.76. The topological polar surface area (TPSA) is 51.3 Å². The molecule has 1 aromatic rings. The van der Waals surface area contributed by atoms with Gasteiger partial charge in [-0.05, 0) is 39.2 Å². The van der Waals surface area contributed by atoms with E-state index in [1.807, 2.05) is 16.5 Å². The molecule has 1 amide bonds. The van der Waals surface area contributed by atoms with Gasteiger partial charge in [-0.1, -0.05) is 0 Å². The fourth-order valence-electron chi connectivity index (χ4n) is 2.76. The number of hydrogen-bond acceptors (Lipinski definition) is 2. The van der Waals surface area contributed by atoms with Crippen LogP contribution < -0.4 is 5.73 Å². The van der Waals surface area contributed by atoms with Gasteiger partial charge >= 0.3 is 0 Å².